The number of ether oxygens (including phenoxy) is 1. The molecule has 5 heteroatoms. The van der Waals surface area contributed by atoms with Gasteiger partial charge in [-0.05, 0) is 54.2 Å². The van der Waals surface area contributed by atoms with Gasteiger partial charge in [-0.1, -0.05) is 49.7 Å². The summed E-state index contributed by atoms with van der Waals surface area (Å²) < 4.78 is 6.51. The van der Waals surface area contributed by atoms with Crippen molar-refractivity contribution in [2.75, 3.05) is 7.11 Å². The Hall–Kier alpha value is -3.65. The maximum atomic E-state index is 12.8. The van der Waals surface area contributed by atoms with E-state index in [1.54, 1.807) is 10.6 Å². The van der Waals surface area contributed by atoms with Gasteiger partial charge in [0.15, 0.2) is 0 Å². The fraction of sp³-hybridized carbons (Fsp3) is 0.269. The van der Waals surface area contributed by atoms with E-state index in [2.05, 4.69) is 13.0 Å². The van der Waals surface area contributed by atoms with Crippen molar-refractivity contribution in [2.45, 2.75) is 39.7 Å². The van der Waals surface area contributed by atoms with E-state index >= 15 is 0 Å². The molecule has 0 aliphatic heterocycles. The molecule has 0 amide bonds. The Morgan fingerprint density at radius 1 is 1.10 bits per heavy atom. The molecule has 0 bridgehead atoms. The SMILES string of the molecule is CCCCc1cc(C(=O)OC)cc(=O)n1Cc1ccc(-c2ccccc2C#N)c(C)c1. The van der Waals surface area contributed by atoms with E-state index in [1.165, 1.54) is 13.2 Å². The molecule has 3 rings (SSSR count). The Morgan fingerprint density at radius 3 is 2.55 bits per heavy atom. The Bertz CT molecular complexity index is 1200. The highest BCUT2D eigenvalue weighted by molar-refractivity contribution is 5.89. The van der Waals surface area contributed by atoms with E-state index in [9.17, 15) is 14.9 Å². The number of hydrogen-bond donors (Lipinski definition) is 0. The molecule has 158 valence electrons. The second kappa shape index (κ2) is 9.90. The lowest BCUT2D eigenvalue weighted by Gasteiger charge is -2.16. The molecule has 0 radical (unpaired) electrons. The molecule has 0 atom stereocenters. The third-order valence-electron chi connectivity index (χ3n) is 5.39. The van der Waals surface area contributed by atoms with Gasteiger partial charge in [-0.2, -0.15) is 5.26 Å². The number of aromatic nitrogens is 1. The average Bonchev–Trinajstić information content (AvgIpc) is 2.78. The van der Waals surface area contributed by atoms with Crippen molar-refractivity contribution in [2.24, 2.45) is 0 Å². The minimum absolute atomic E-state index is 0.217. The lowest BCUT2D eigenvalue weighted by Crippen LogP contribution is -2.25. The molecule has 0 aliphatic rings. The number of esters is 1. The number of unbranched alkanes of at least 4 members (excludes halogenated alkanes) is 1. The van der Waals surface area contributed by atoms with E-state index in [0.717, 1.165) is 40.8 Å². The number of carbonyl (C=O) groups excluding carboxylic acids is 1. The van der Waals surface area contributed by atoms with Crippen molar-refractivity contribution < 1.29 is 9.53 Å². The summed E-state index contributed by atoms with van der Waals surface area (Å²) in [6.45, 7) is 4.52. The number of methoxy groups -OCH3 is 1. The second-order valence-corrected chi connectivity index (χ2v) is 7.56. The quantitative estimate of drug-likeness (QED) is 0.517. The van der Waals surface area contributed by atoms with Crippen LogP contribution in [0, 0.1) is 18.3 Å². The van der Waals surface area contributed by atoms with Gasteiger partial charge in [0.1, 0.15) is 0 Å². The lowest BCUT2D eigenvalue weighted by molar-refractivity contribution is 0.0600. The maximum absolute atomic E-state index is 12.8. The molecule has 3 aromatic rings. The largest absolute Gasteiger partial charge is 0.465 e. The maximum Gasteiger partial charge on any atom is 0.338 e. The van der Waals surface area contributed by atoms with Crippen LogP contribution in [-0.2, 0) is 17.7 Å². The van der Waals surface area contributed by atoms with Crippen LogP contribution in [0.25, 0.3) is 11.1 Å². The number of carbonyl (C=O) groups is 1. The molecule has 0 aliphatic carbocycles. The molecule has 5 nitrogen and oxygen atoms in total. The molecule has 0 unspecified atom stereocenters. The summed E-state index contributed by atoms with van der Waals surface area (Å²) in [5.74, 6) is -0.502. The van der Waals surface area contributed by atoms with E-state index in [0.29, 0.717) is 18.5 Å². The Morgan fingerprint density at radius 2 is 1.87 bits per heavy atom. The lowest BCUT2D eigenvalue weighted by atomic mass is 9.95. The number of hydrogen-bond acceptors (Lipinski definition) is 4. The van der Waals surface area contributed by atoms with Crippen LogP contribution in [0.4, 0.5) is 0 Å². The van der Waals surface area contributed by atoms with Crippen LogP contribution in [0.15, 0.2) is 59.4 Å². The van der Waals surface area contributed by atoms with Crippen LogP contribution < -0.4 is 5.56 Å². The molecule has 1 heterocycles. The summed E-state index contributed by atoms with van der Waals surface area (Å²) in [5.41, 5.74) is 5.45. The predicted octanol–water partition coefficient (Wildman–Crippen LogP) is 4.87. The van der Waals surface area contributed by atoms with Crippen LogP contribution in [0.1, 0.15) is 52.5 Å². The highest BCUT2D eigenvalue weighted by Gasteiger charge is 2.14. The number of pyridine rings is 1. The van der Waals surface area contributed by atoms with Crippen LogP contribution in [-0.4, -0.2) is 17.6 Å². The number of nitriles is 1. The standard InChI is InChI=1S/C26H26N2O3/c1-4-5-9-22-14-21(26(30)31-3)15-25(29)28(22)17-19-11-12-23(18(2)13-19)24-10-7-6-8-20(24)16-27/h6-8,10-15H,4-5,9,17H2,1-3H3. The minimum atomic E-state index is -0.502. The van der Waals surface area contributed by atoms with Crippen LogP contribution in [0.5, 0.6) is 0 Å². The fourth-order valence-electron chi connectivity index (χ4n) is 3.76. The van der Waals surface area contributed by atoms with E-state index < -0.39 is 5.97 Å². The van der Waals surface area contributed by atoms with Crippen molar-refractivity contribution in [3.63, 3.8) is 0 Å². The zero-order chi connectivity index (χ0) is 22.4. The second-order valence-electron chi connectivity index (χ2n) is 7.56. The number of aryl methyl sites for hydroxylation is 2. The van der Waals surface area contributed by atoms with Crippen molar-refractivity contribution in [1.29, 1.82) is 5.26 Å². The van der Waals surface area contributed by atoms with Gasteiger partial charge in [0.25, 0.3) is 5.56 Å². The molecule has 0 fully saturated rings. The summed E-state index contributed by atoms with van der Waals surface area (Å²) in [7, 11) is 1.31. The summed E-state index contributed by atoms with van der Waals surface area (Å²) in [6, 6.07) is 18.9. The smallest absolute Gasteiger partial charge is 0.338 e. The van der Waals surface area contributed by atoms with Crippen LogP contribution in [0.3, 0.4) is 0 Å². The molecule has 0 N–H and O–H groups in total. The molecule has 1 aromatic heterocycles. The zero-order valence-corrected chi connectivity index (χ0v) is 18.1. The predicted molar refractivity (Wildman–Crippen MR) is 121 cm³/mol. The Labute approximate surface area is 182 Å². The van der Waals surface area contributed by atoms with Crippen LogP contribution in [0.2, 0.25) is 0 Å². The molecule has 0 saturated carbocycles. The normalized spacial score (nSPS) is 10.5. The molecule has 2 aromatic carbocycles. The third kappa shape index (κ3) is 4.92. The summed E-state index contributed by atoms with van der Waals surface area (Å²) in [6.07, 6.45) is 2.62. The van der Waals surface area contributed by atoms with Gasteiger partial charge >= 0.3 is 5.97 Å². The van der Waals surface area contributed by atoms with Gasteiger partial charge in [-0.3, -0.25) is 4.79 Å². The number of rotatable bonds is 7. The first-order valence-electron chi connectivity index (χ1n) is 10.4. The molecular weight excluding hydrogens is 388 g/mol. The topological polar surface area (TPSA) is 72.1 Å². The van der Waals surface area contributed by atoms with Gasteiger partial charge in [0.2, 0.25) is 0 Å². The summed E-state index contributed by atoms with van der Waals surface area (Å²) in [5, 5.41) is 9.41. The summed E-state index contributed by atoms with van der Waals surface area (Å²) in [4.78, 5) is 24.8. The van der Waals surface area contributed by atoms with Gasteiger partial charge in [0.05, 0.1) is 30.9 Å². The monoisotopic (exact) mass is 414 g/mol. The van der Waals surface area contributed by atoms with Gasteiger partial charge in [-0.15, -0.1) is 0 Å². The van der Waals surface area contributed by atoms with Crippen molar-refractivity contribution in [3.8, 4) is 17.2 Å². The highest BCUT2D eigenvalue weighted by atomic mass is 16.5. The van der Waals surface area contributed by atoms with E-state index in [4.69, 9.17) is 4.74 Å². The van der Waals surface area contributed by atoms with Crippen molar-refractivity contribution in [3.05, 3.63) is 92.9 Å². The van der Waals surface area contributed by atoms with Crippen molar-refractivity contribution in [1.82, 2.24) is 4.57 Å². The van der Waals surface area contributed by atoms with E-state index in [-0.39, 0.29) is 11.1 Å². The first-order chi connectivity index (χ1) is 15.0. The Balaban J connectivity index is 1.99. The first kappa shape index (κ1) is 22.0. The third-order valence-corrected chi connectivity index (χ3v) is 5.39. The number of nitrogens with zero attached hydrogens (tertiary/aromatic N) is 2. The van der Waals surface area contributed by atoms with Crippen molar-refractivity contribution >= 4 is 5.97 Å². The molecular formula is C26H26N2O3. The fourth-order valence-corrected chi connectivity index (χ4v) is 3.76. The average molecular weight is 415 g/mol. The van der Waals surface area contributed by atoms with Gasteiger partial charge < -0.3 is 9.30 Å². The number of benzene rings is 2. The Kier molecular flexibility index (Phi) is 7.04. The first-order valence-corrected chi connectivity index (χ1v) is 10.4. The molecule has 0 spiro atoms. The molecule has 31 heavy (non-hydrogen) atoms. The van der Waals surface area contributed by atoms with Crippen LogP contribution >= 0.6 is 0 Å². The minimum Gasteiger partial charge on any atom is -0.465 e. The van der Waals surface area contributed by atoms with Gasteiger partial charge in [-0.25, -0.2) is 4.79 Å². The molecule has 0 saturated heterocycles. The summed E-state index contributed by atoms with van der Waals surface area (Å²) >= 11 is 0. The zero-order valence-electron chi connectivity index (χ0n) is 18.1. The highest BCUT2D eigenvalue weighted by Crippen LogP contribution is 2.27. The van der Waals surface area contributed by atoms with E-state index in [1.807, 2.05) is 49.4 Å². The van der Waals surface area contributed by atoms with Gasteiger partial charge in [0, 0.05) is 11.8 Å².